The highest BCUT2D eigenvalue weighted by Gasteiger charge is 2.25. The van der Waals surface area contributed by atoms with Gasteiger partial charge in [0.25, 0.3) is 0 Å². The molecule has 27 heavy (non-hydrogen) atoms. The number of sulfonamides is 1. The fourth-order valence-corrected chi connectivity index (χ4v) is 4.82. The van der Waals surface area contributed by atoms with Gasteiger partial charge in [-0.15, -0.1) is 0 Å². The molecule has 0 radical (unpaired) electrons. The molecule has 0 spiro atoms. The molecule has 2 aliphatic rings. The Labute approximate surface area is 164 Å². The van der Waals surface area contributed by atoms with Crippen LogP contribution in [0, 0.1) is 0 Å². The first-order valence-corrected chi connectivity index (χ1v) is 11.8. The summed E-state index contributed by atoms with van der Waals surface area (Å²) in [5.41, 5.74) is 0. The van der Waals surface area contributed by atoms with Crippen molar-refractivity contribution >= 4 is 16.0 Å². The van der Waals surface area contributed by atoms with E-state index in [0.29, 0.717) is 19.1 Å². The average Bonchev–Trinajstić information content (AvgIpc) is 3.11. The van der Waals surface area contributed by atoms with Crippen LogP contribution < -0.4 is 10.0 Å². The van der Waals surface area contributed by atoms with Crippen LogP contribution in [0.25, 0.3) is 0 Å². The van der Waals surface area contributed by atoms with Crippen molar-refractivity contribution in [2.24, 2.45) is 4.99 Å². The third-order valence-corrected chi connectivity index (χ3v) is 6.77. The molecule has 2 aliphatic heterocycles. The topological polar surface area (TPSA) is 86.3 Å². The van der Waals surface area contributed by atoms with Crippen molar-refractivity contribution in [2.45, 2.75) is 51.2 Å². The normalized spacial score (nSPS) is 24.9. The lowest BCUT2D eigenvalue weighted by Crippen LogP contribution is -2.47. The molecule has 0 aliphatic carbocycles. The minimum atomic E-state index is -3.32. The fraction of sp³-hybridized carbons (Fsp3) is 0.944. The van der Waals surface area contributed by atoms with Crippen LogP contribution in [-0.4, -0.2) is 95.5 Å². The van der Waals surface area contributed by atoms with Crippen LogP contribution in [0.1, 0.15) is 39.0 Å². The Balaban J connectivity index is 1.71. The van der Waals surface area contributed by atoms with Gasteiger partial charge in [-0.1, -0.05) is 6.92 Å². The van der Waals surface area contributed by atoms with Crippen LogP contribution in [0.2, 0.25) is 0 Å². The van der Waals surface area contributed by atoms with E-state index in [2.05, 4.69) is 31.8 Å². The standard InChI is InChI=1S/C18H37N5O3S/c1-4-23-11-7-8-16(23)15-22(3)18(19-2)20-10-13-27(24,25)21-14-17-9-5-6-12-26-17/h16-17,21H,4-15H2,1-3H3,(H,19,20). The lowest BCUT2D eigenvalue weighted by molar-refractivity contribution is 0.0200. The SMILES string of the molecule is CCN1CCCC1CN(C)C(=NC)NCCS(=O)(=O)NCC1CCCCO1. The zero-order valence-electron chi connectivity index (χ0n) is 17.1. The summed E-state index contributed by atoms with van der Waals surface area (Å²) >= 11 is 0. The number of hydrogen-bond donors (Lipinski definition) is 2. The van der Waals surface area contributed by atoms with E-state index >= 15 is 0 Å². The second-order valence-electron chi connectivity index (χ2n) is 7.44. The number of likely N-dealkylation sites (N-methyl/N-ethyl adjacent to an activating group) is 2. The fourth-order valence-electron chi connectivity index (χ4n) is 3.86. The molecule has 2 saturated heterocycles. The maximum atomic E-state index is 12.2. The Kier molecular flexibility index (Phi) is 9.28. The van der Waals surface area contributed by atoms with Gasteiger partial charge in [-0.2, -0.15) is 0 Å². The second kappa shape index (κ2) is 11.2. The first kappa shape index (κ1) is 22.4. The zero-order valence-corrected chi connectivity index (χ0v) is 17.9. The predicted octanol–water partition coefficient (Wildman–Crippen LogP) is 0.466. The number of aliphatic imine (C=N–C) groups is 1. The molecular weight excluding hydrogens is 366 g/mol. The van der Waals surface area contributed by atoms with Gasteiger partial charge in [0.2, 0.25) is 10.0 Å². The maximum Gasteiger partial charge on any atom is 0.213 e. The second-order valence-corrected chi connectivity index (χ2v) is 9.36. The van der Waals surface area contributed by atoms with E-state index in [-0.39, 0.29) is 11.9 Å². The Bertz CT molecular complexity index is 563. The minimum Gasteiger partial charge on any atom is -0.377 e. The molecule has 158 valence electrons. The van der Waals surface area contributed by atoms with Crippen LogP contribution in [0.3, 0.4) is 0 Å². The van der Waals surface area contributed by atoms with E-state index in [4.69, 9.17) is 4.74 Å². The summed E-state index contributed by atoms with van der Waals surface area (Å²) in [5, 5.41) is 3.18. The van der Waals surface area contributed by atoms with Crippen molar-refractivity contribution in [3.63, 3.8) is 0 Å². The van der Waals surface area contributed by atoms with Gasteiger partial charge < -0.3 is 15.0 Å². The van der Waals surface area contributed by atoms with Crippen molar-refractivity contribution in [3.05, 3.63) is 0 Å². The van der Waals surface area contributed by atoms with Gasteiger partial charge in [-0.25, -0.2) is 13.1 Å². The summed E-state index contributed by atoms with van der Waals surface area (Å²) in [6.07, 6.45) is 5.55. The molecule has 2 N–H and O–H groups in total. The highest BCUT2D eigenvalue weighted by atomic mass is 32.2. The van der Waals surface area contributed by atoms with Crippen LogP contribution in [-0.2, 0) is 14.8 Å². The molecule has 0 amide bonds. The summed E-state index contributed by atoms with van der Waals surface area (Å²) in [5.74, 6) is 0.764. The van der Waals surface area contributed by atoms with Gasteiger partial charge in [-0.05, 0) is 45.2 Å². The minimum absolute atomic E-state index is 0.00769. The quantitative estimate of drug-likeness (QED) is 0.430. The summed E-state index contributed by atoms with van der Waals surface area (Å²) in [6, 6.07) is 0.541. The predicted molar refractivity (Wildman–Crippen MR) is 110 cm³/mol. The van der Waals surface area contributed by atoms with Gasteiger partial charge in [0.15, 0.2) is 5.96 Å². The zero-order chi connectivity index (χ0) is 19.7. The first-order valence-electron chi connectivity index (χ1n) is 10.2. The summed E-state index contributed by atoms with van der Waals surface area (Å²) in [4.78, 5) is 8.88. The Morgan fingerprint density at radius 1 is 1.30 bits per heavy atom. The number of guanidine groups is 1. The van der Waals surface area contributed by atoms with Crippen LogP contribution in [0.4, 0.5) is 0 Å². The van der Waals surface area contributed by atoms with Crippen molar-refractivity contribution < 1.29 is 13.2 Å². The lowest BCUT2D eigenvalue weighted by Gasteiger charge is -2.29. The van der Waals surface area contributed by atoms with Gasteiger partial charge >= 0.3 is 0 Å². The summed E-state index contributed by atoms with van der Waals surface area (Å²) < 4.78 is 32.7. The highest BCUT2D eigenvalue weighted by molar-refractivity contribution is 7.89. The number of likely N-dealkylation sites (tertiary alicyclic amines) is 1. The third-order valence-electron chi connectivity index (χ3n) is 5.42. The van der Waals surface area contributed by atoms with E-state index in [0.717, 1.165) is 51.5 Å². The maximum absolute atomic E-state index is 12.2. The van der Waals surface area contributed by atoms with Crippen LogP contribution in [0.15, 0.2) is 4.99 Å². The Morgan fingerprint density at radius 3 is 2.78 bits per heavy atom. The number of nitrogens with zero attached hydrogens (tertiary/aromatic N) is 3. The van der Waals surface area contributed by atoms with Crippen LogP contribution >= 0.6 is 0 Å². The number of hydrogen-bond acceptors (Lipinski definition) is 5. The van der Waals surface area contributed by atoms with E-state index < -0.39 is 10.0 Å². The van der Waals surface area contributed by atoms with Gasteiger partial charge in [0.05, 0.1) is 11.9 Å². The average molecular weight is 404 g/mol. The lowest BCUT2D eigenvalue weighted by atomic mass is 10.1. The molecule has 0 bridgehead atoms. The largest absolute Gasteiger partial charge is 0.377 e. The Morgan fingerprint density at radius 2 is 2.11 bits per heavy atom. The smallest absolute Gasteiger partial charge is 0.213 e. The molecule has 0 aromatic rings. The molecule has 9 heteroatoms. The highest BCUT2D eigenvalue weighted by Crippen LogP contribution is 2.17. The van der Waals surface area contributed by atoms with E-state index in [1.807, 2.05) is 7.05 Å². The van der Waals surface area contributed by atoms with Crippen molar-refractivity contribution in [1.82, 2.24) is 19.8 Å². The van der Waals surface area contributed by atoms with Gasteiger partial charge in [0.1, 0.15) is 0 Å². The molecule has 2 heterocycles. The monoisotopic (exact) mass is 403 g/mol. The molecular formula is C18H37N5O3S. The molecule has 0 aromatic heterocycles. The third kappa shape index (κ3) is 7.56. The number of ether oxygens (including phenoxy) is 1. The van der Waals surface area contributed by atoms with Crippen molar-refractivity contribution in [2.75, 3.05) is 59.2 Å². The van der Waals surface area contributed by atoms with Crippen LogP contribution in [0.5, 0.6) is 0 Å². The number of nitrogens with one attached hydrogen (secondary N) is 2. The molecule has 2 rings (SSSR count). The molecule has 0 aromatic carbocycles. The molecule has 2 atom stereocenters. The number of rotatable bonds is 9. The van der Waals surface area contributed by atoms with E-state index in [1.165, 1.54) is 12.8 Å². The van der Waals surface area contributed by atoms with Crippen molar-refractivity contribution in [3.8, 4) is 0 Å². The van der Waals surface area contributed by atoms with Crippen molar-refractivity contribution in [1.29, 1.82) is 0 Å². The van der Waals surface area contributed by atoms with Gasteiger partial charge in [-0.3, -0.25) is 9.89 Å². The molecule has 2 fully saturated rings. The van der Waals surface area contributed by atoms with E-state index in [1.54, 1.807) is 7.05 Å². The molecule has 0 saturated carbocycles. The first-order chi connectivity index (χ1) is 12.9. The van der Waals surface area contributed by atoms with E-state index in [9.17, 15) is 8.42 Å². The van der Waals surface area contributed by atoms with Gasteiger partial charge in [0, 0.05) is 46.4 Å². The molecule has 2 unspecified atom stereocenters. The molecule has 8 nitrogen and oxygen atoms in total. The summed E-state index contributed by atoms with van der Waals surface area (Å²) in [7, 11) is 0.423. The Hall–Kier alpha value is -0.900. The summed E-state index contributed by atoms with van der Waals surface area (Å²) in [6.45, 7) is 6.76.